The minimum atomic E-state index is -1.21. The fraction of sp³-hybridized carbons (Fsp3) is 0.818. The largest absolute Gasteiger partial charge is 0.461 e. The first-order valence-corrected chi connectivity index (χ1v) is 6.34. The van der Waals surface area contributed by atoms with Gasteiger partial charge in [0.2, 0.25) is 11.5 Å². The van der Waals surface area contributed by atoms with E-state index >= 15 is 0 Å². The van der Waals surface area contributed by atoms with Gasteiger partial charge in [-0.3, -0.25) is 0 Å². The van der Waals surface area contributed by atoms with Crippen LogP contribution < -0.4 is 0 Å². The summed E-state index contributed by atoms with van der Waals surface area (Å²) in [7, 11) is 0. The van der Waals surface area contributed by atoms with Crippen LogP contribution in [0.4, 0.5) is 0 Å². The van der Waals surface area contributed by atoms with Gasteiger partial charge in [-0.1, -0.05) is 5.16 Å². The van der Waals surface area contributed by atoms with Crippen molar-refractivity contribution < 1.29 is 23.8 Å². The summed E-state index contributed by atoms with van der Waals surface area (Å²) in [5.41, 5.74) is -0.0161. The van der Waals surface area contributed by atoms with Gasteiger partial charge in [0, 0.05) is 6.42 Å². The number of carbonyl (C=O) groups excluding carboxylic acids is 1. The molecule has 1 saturated carbocycles. The van der Waals surface area contributed by atoms with Gasteiger partial charge < -0.3 is 19.0 Å². The molecule has 1 heterocycles. The van der Waals surface area contributed by atoms with Gasteiger partial charge in [0.1, 0.15) is 6.10 Å². The molecule has 0 N–H and O–H groups in total. The quantitative estimate of drug-likeness (QED) is 0.325. The molecule has 18 heavy (non-hydrogen) atoms. The number of hydrogen-bond acceptors (Lipinski definition) is 6. The lowest BCUT2D eigenvalue weighted by molar-refractivity contribution is -0.141. The highest BCUT2D eigenvalue weighted by Gasteiger charge is 2.44. The predicted octanol–water partition coefficient (Wildman–Crippen LogP) is 1.06. The number of rotatable bonds is 5. The molecular weight excluding hydrogens is 262 g/mol. The van der Waals surface area contributed by atoms with E-state index in [0.29, 0.717) is 13.2 Å². The van der Waals surface area contributed by atoms with Gasteiger partial charge >= 0.3 is 5.97 Å². The van der Waals surface area contributed by atoms with Crippen molar-refractivity contribution in [2.45, 2.75) is 37.5 Å². The van der Waals surface area contributed by atoms with Gasteiger partial charge in [-0.05, 0) is 13.8 Å². The molecule has 7 heteroatoms. The molecule has 0 radical (unpaired) electrons. The van der Waals surface area contributed by atoms with Crippen LogP contribution in [0.3, 0.4) is 0 Å². The first-order valence-electron chi connectivity index (χ1n) is 5.90. The Kier molecular flexibility index (Phi) is 4.09. The van der Waals surface area contributed by atoms with Crippen LogP contribution in [0.2, 0.25) is 0 Å². The van der Waals surface area contributed by atoms with Crippen molar-refractivity contribution in [2.75, 3.05) is 19.8 Å². The van der Waals surface area contributed by atoms with Crippen molar-refractivity contribution in [1.29, 1.82) is 0 Å². The normalized spacial score (nSPS) is 30.1. The van der Waals surface area contributed by atoms with Gasteiger partial charge in [-0.15, -0.1) is 11.6 Å². The van der Waals surface area contributed by atoms with Gasteiger partial charge in [-0.25, -0.2) is 4.79 Å². The number of carbonyl (C=O) groups is 1. The van der Waals surface area contributed by atoms with E-state index in [4.69, 9.17) is 30.6 Å². The summed E-state index contributed by atoms with van der Waals surface area (Å²) < 4.78 is 15.7. The number of esters is 1. The number of nitrogens with zero attached hydrogens (tertiary/aromatic N) is 1. The Morgan fingerprint density at radius 3 is 2.61 bits per heavy atom. The number of alkyl halides is 1. The molecule has 2 unspecified atom stereocenters. The molecule has 2 aliphatic rings. The zero-order valence-electron chi connectivity index (χ0n) is 10.3. The molecule has 0 aromatic carbocycles. The molecule has 6 nitrogen and oxygen atoms in total. The fourth-order valence-electron chi connectivity index (χ4n) is 1.53. The summed E-state index contributed by atoms with van der Waals surface area (Å²) >= 11 is 5.80. The lowest BCUT2D eigenvalue weighted by atomic mass is 10.2. The smallest absolute Gasteiger partial charge is 0.361 e. The molecule has 2 fully saturated rings. The number of ether oxygens (including phenoxy) is 3. The first kappa shape index (κ1) is 13.6. The van der Waals surface area contributed by atoms with E-state index in [-0.39, 0.29) is 23.8 Å². The Bertz CT molecular complexity index is 353. The van der Waals surface area contributed by atoms with Gasteiger partial charge in [-0.2, -0.15) is 0 Å². The van der Waals surface area contributed by atoms with Crippen LogP contribution in [0.1, 0.15) is 20.3 Å². The Hall–Kier alpha value is -0.850. The van der Waals surface area contributed by atoms with E-state index in [2.05, 4.69) is 5.16 Å². The van der Waals surface area contributed by atoms with E-state index < -0.39 is 11.8 Å². The van der Waals surface area contributed by atoms with Crippen molar-refractivity contribution in [3.8, 4) is 0 Å². The van der Waals surface area contributed by atoms with Crippen LogP contribution in [0.15, 0.2) is 5.16 Å². The molecule has 102 valence electrons. The monoisotopic (exact) mass is 277 g/mol. The van der Waals surface area contributed by atoms with Crippen molar-refractivity contribution in [3.63, 3.8) is 0 Å². The highest BCUT2D eigenvalue weighted by atomic mass is 35.5. The van der Waals surface area contributed by atoms with Gasteiger partial charge in [0.05, 0.1) is 25.2 Å². The third-order valence-electron chi connectivity index (χ3n) is 2.67. The van der Waals surface area contributed by atoms with Crippen molar-refractivity contribution in [1.82, 2.24) is 0 Å². The zero-order chi connectivity index (χ0) is 13.2. The Morgan fingerprint density at radius 1 is 1.50 bits per heavy atom. The van der Waals surface area contributed by atoms with Crippen LogP contribution >= 0.6 is 11.6 Å². The minimum Gasteiger partial charge on any atom is -0.461 e. The molecule has 0 spiro atoms. The second kappa shape index (κ2) is 5.42. The summed E-state index contributed by atoms with van der Waals surface area (Å²) in [6.07, 6.45) is 0.570. The van der Waals surface area contributed by atoms with Crippen molar-refractivity contribution in [2.24, 2.45) is 5.16 Å². The highest BCUT2D eigenvalue weighted by Crippen LogP contribution is 2.32. The molecule has 1 saturated heterocycles. The molecule has 0 aromatic rings. The van der Waals surface area contributed by atoms with Crippen LogP contribution in [0.5, 0.6) is 0 Å². The Morgan fingerprint density at radius 2 is 2.11 bits per heavy atom. The van der Waals surface area contributed by atoms with E-state index in [0.717, 1.165) is 6.42 Å². The standard InChI is InChI=1S/C11H16ClNO5/c1-3-15-10(14)9(11(2)16-4-5-17-11)13-18-8-6-7(8)12/h7-8H,3-6H2,1-2H3. The molecule has 1 aliphatic carbocycles. The van der Waals surface area contributed by atoms with Crippen LogP contribution in [0, 0.1) is 0 Å². The second-order valence-electron chi connectivity index (χ2n) is 4.20. The maximum absolute atomic E-state index is 11.8. The SMILES string of the molecule is CCOC(=O)C(=NOC1CC1Cl)C1(C)OCCO1. The third-order valence-corrected chi connectivity index (χ3v) is 3.13. The average Bonchev–Trinajstić information content (AvgIpc) is 2.84. The molecule has 0 amide bonds. The number of halogens is 1. The van der Waals surface area contributed by atoms with Crippen molar-refractivity contribution in [3.05, 3.63) is 0 Å². The highest BCUT2D eigenvalue weighted by molar-refractivity contribution is 6.39. The lowest BCUT2D eigenvalue weighted by Crippen LogP contribution is -2.42. The summed E-state index contributed by atoms with van der Waals surface area (Å²) in [6, 6.07) is 0. The first-order chi connectivity index (χ1) is 8.57. The average molecular weight is 278 g/mol. The molecule has 0 aromatic heterocycles. The molecular formula is C11H16ClNO5. The predicted molar refractivity (Wildman–Crippen MR) is 63.5 cm³/mol. The van der Waals surface area contributed by atoms with E-state index in [9.17, 15) is 4.79 Å². The Labute approximate surface area is 110 Å². The molecule has 0 bridgehead atoms. The number of hydrogen-bond donors (Lipinski definition) is 0. The summed E-state index contributed by atoms with van der Waals surface area (Å²) in [6.45, 7) is 4.37. The Balaban J connectivity index is 2.08. The van der Waals surface area contributed by atoms with E-state index in [1.807, 2.05) is 0 Å². The third kappa shape index (κ3) is 2.93. The maximum Gasteiger partial charge on any atom is 0.361 e. The van der Waals surface area contributed by atoms with Crippen LogP contribution in [-0.4, -0.2) is 48.8 Å². The van der Waals surface area contributed by atoms with Crippen molar-refractivity contribution >= 4 is 23.3 Å². The lowest BCUT2D eigenvalue weighted by Gasteiger charge is -2.22. The van der Waals surface area contributed by atoms with Crippen LogP contribution in [-0.2, 0) is 23.8 Å². The number of oxime groups is 1. The van der Waals surface area contributed by atoms with E-state index in [1.54, 1.807) is 13.8 Å². The summed E-state index contributed by atoms with van der Waals surface area (Å²) in [5, 5.41) is 3.77. The van der Waals surface area contributed by atoms with Gasteiger partial charge in [0.25, 0.3) is 0 Å². The summed E-state index contributed by atoms with van der Waals surface area (Å²) in [4.78, 5) is 17.0. The summed E-state index contributed by atoms with van der Waals surface area (Å²) in [5.74, 6) is -1.81. The second-order valence-corrected chi connectivity index (χ2v) is 4.76. The van der Waals surface area contributed by atoms with Gasteiger partial charge in [0.15, 0.2) is 0 Å². The zero-order valence-corrected chi connectivity index (χ0v) is 11.1. The molecule has 2 rings (SSSR count). The minimum absolute atomic E-state index is 0.0161. The maximum atomic E-state index is 11.8. The molecule has 2 atom stereocenters. The molecule has 1 aliphatic heterocycles. The fourth-order valence-corrected chi connectivity index (χ4v) is 1.75. The van der Waals surface area contributed by atoms with Crippen LogP contribution in [0.25, 0.3) is 0 Å². The topological polar surface area (TPSA) is 66.4 Å². The van der Waals surface area contributed by atoms with E-state index in [1.165, 1.54) is 0 Å².